The van der Waals surface area contributed by atoms with E-state index in [0.29, 0.717) is 27.5 Å². The van der Waals surface area contributed by atoms with Crippen LogP contribution in [0.3, 0.4) is 0 Å². The smallest absolute Gasteiger partial charge is 0.488 e. The monoisotopic (exact) mass is 464 g/mol. The number of carbonyl (C=O) groups excluding carboxylic acids is 1. The molecule has 30 heavy (non-hydrogen) atoms. The van der Waals surface area contributed by atoms with E-state index in [1.165, 1.54) is 6.07 Å². The van der Waals surface area contributed by atoms with Crippen LogP contribution in [0.25, 0.3) is 11.1 Å². The molecule has 6 nitrogen and oxygen atoms in total. The molecule has 0 aromatic heterocycles. The number of ether oxygens (including phenoxy) is 2. The summed E-state index contributed by atoms with van der Waals surface area (Å²) in [5, 5.41) is 0.365. The Morgan fingerprint density at radius 3 is 2.37 bits per heavy atom. The lowest BCUT2D eigenvalue weighted by molar-refractivity contribution is -0.0501. The van der Waals surface area contributed by atoms with Crippen LogP contribution in [0, 0.1) is 0 Å². The molecule has 0 N–H and O–H groups in total. The molecule has 162 valence electrons. The average molecular weight is 465 g/mol. The first kappa shape index (κ1) is 22.2. The van der Waals surface area contributed by atoms with Gasteiger partial charge in [-0.15, -0.1) is 0 Å². The summed E-state index contributed by atoms with van der Waals surface area (Å²) < 4.78 is 76.6. The third-order valence-corrected chi connectivity index (χ3v) is 5.12. The van der Waals surface area contributed by atoms with E-state index in [2.05, 4.69) is 4.18 Å². The summed E-state index contributed by atoms with van der Waals surface area (Å²) in [7, 11) is -6.01. The Balaban J connectivity index is 2.19. The van der Waals surface area contributed by atoms with Gasteiger partial charge >= 0.3 is 21.6 Å². The van der Waals surface area contributed by atoms with Gasteiger partial charge in [-0.05, 0) is 56.7 Å². The van der Waals surface area contributed by atoms with Gasteiger partial charge in [-0.2, -0.15) is 21.6 Å². The molecule has 1 aliphatic heterocycles. The fraction of sp³-hybridized carbons (Fsp3) is 0.316. The number of fused-ring (bicyclic) bond motifs is 3. The first-order chi connectivity index (χ1) is 13.7. The SMILES string of the molecule is CC(C)(C)OC(=O)c1cc2c(cc1OS(=O)(=O)C(F)(F)F)COc1ccc(Cl)cc1-2. The molecule has 0 saturated heterocycles. The lowest BCUT2D eigenvalue weighted by Crippen LogP contribution is -2.29. The molecule has 0 bridgehead atoms. The van der Waals surface area contributed by atoms with E-state index in [9.17, 15) is 26.4 Å². The summed E-state index contributed by atoms with van der Waals surface area (Å²) in [6, 6.07) is 6.98. The number of alkyl halides is 3. The van der Waals surface area contributed by atoms with E-state index in [0.717, 1.165) is 6.07 Å². The van der Waals surface area contributed by atoms with E-state index in [1.807, 2.05) is 0 Å². The van der Waals surface area contributed by atoms with Crippen LogP contribution in [0.1, 0.15) is 36.7 Å². The average Bonchev–Trinajstić information content (AvgIpc) is 2.58. The summed E-state index contributed by atoms with van der Waals surface area (Å²) in [4.78, 5) is 12.6. The predicted molar refractivity (Wildman–Crippen MR) is 102 cm³/mol. The summed E-state index contributed by atoms with van der Waals surface area (Å²) in [6.07, 6.45) is 0. The fourth-order valence-corrected chi connectivity index (χ4v) is 3.35. The van der Waals surface area contributed by atoms with Crippen LogP contribution in [0.5, 0.6) is 11.5 Å². The van der Waals surface area contributed by atoms with Crippen LogP contribution in [0.15, 0.2) is 30.3 Å². The van der Waals surface area contributed by atoms with Crippen molar-refractivity contribution < 1.29 is 40.0 Å². The summed E-state index contributed by atoms with van der Waals surface area (Å²) in [6.45, 7) is 4.58. The van der Waals surface area contributed by atoms with Crippen molar-refractivity contribution in [2.24, 2.45) is 0 Å². The zero-order valence-electron chi connectivity index (χ0n) is 16.0. The summed E-state index contributed by atoms with van der Waals surface area (Å²) in [5.41, 5.74) is -5.92. The Morgan fingerprint density at radius 1 is 1.10 bits per heavy atom. The van der Waals surface area contributed by atoms with E-state index < -0.39 is 38.5 Å². The highest BCUT2D eigenvalue weighted by Gasteiger charge is 2.49. The van der Waals surface area contributed by atoms with E-state index in [1.54, 1.807) is 39.0 Å². The molecule has 0 amide bonds. The van der Waals surface area contributed by atoms with Crippen LogP contribution >= 0.6 is 11.6 Å². The van der Waals surface area contributed by atoms with Crippen LogP contribution < -0.4 is 8.92 Å². The Labute approximate surface area is 175 Å². The molecule has 0 radical (unpaired) electrons. The predicted octanol–water partition coefficient (Wildman–Crippen LogP) is 5.08. The van der Waals surface area contributed by atoms with Crippen molar-refractivity contribution in [3.8, 4) is 22.6 Å². The molecule has 3 rings (SSSR count). The highest BCUT2D eigenvalue weighted by molar-refractivity contribution is 7.88. The Morgan fingerprint density at radius 2 is 1.77 bits per heavy atom. The second-order valence-corrected chi connectivity index (χ2v) is 9.39. The zero-order chi connectivity index (χ0) is 22.5. The molecule has 2 aromatic rings. The van der Waals surface area contributed by atoms with Gasteiger partial charge in [0, 0.05) is 16.1 Å². The van der Waals surface area contributed by atoms with Gasteiger partial charge in [-0.1, -0.05) is 11.6 Å². The van der Waals surface area contributed by atoms with E-state index in [-0.39, 0.29) is 6.61 Å². The van der Waals surface area contributed by atoms with Crippen LogP contribution in [0.4, 0.5) is 13.2 Å². The van der Waals surface area contributed by atoms with Gasteiger partial charge in [-0.3, -0.25) is 0 Å². The van der Waals surface area contributed by atoms with Gasteiger partial charge in [0.25, 0.3) is 0 Å². The van der Waals surface area contributed by atoms with Gasteiger partial charge < -0.3 is 13.7 Å². The first-order valence-corrected chi connectivity index (χ1v) is 10.3. The van der Waals surface area contributed by atoms with Gasteiger partial charge in [0.1, 0.15) is 23.5 Å². The highest BCUT2D eigenvalue weighted by Crippen LogP contribution is 2.42. The number of hydrogen-bond donors (Lipinski definition) is 0. The molecule has 0 atom stereocenters. The van der Waals surface area contributed by atoms with Crippen molar-refractivity contribution in [2.45, 2.75) is 38.5 Å². The number of hydrogen-bond acceptors (Lipinski definition) is 6. The maximum absolute atomic E-state index is 12.8. The summed E-state index contributed by atoms with van der Waals surface area (Å²) >= 11 is 6.02. The van der Waals surface area contributed by atoms with Crippen molar-refractivity contribution >= 4 is 27.7 Å². The number of carbonyl (C=O) groups is 1. The fourth-order valence-electron chi connectivity index (χ4n) is 2.71. The molecular weight excluding hydrogens is 449 g/mol. The molecule has 0 fully saturated rings. The molecule has 0 unspecified atom stereocenters. The van der Waals surface area contributed by atoms with Gasteiger partial charge in [0.2, 0.25) is 0 Å². The van der Waals surface area contributed by atoms with Crippen LogP contribution in [0.2, 0.25) is 5.02 Å². The Kier molecular flexibility index (Phi) is 5.44. The number of rotatable bonds is 3. The zero-order valence-corrected chi connectivity index (χ0v) is 17.5. The Hall–Kier alpha value is -2.46. The minimum atomic E-state index is -6.01. The van der Waals surface area contributed by atoms with E-state index in [4.69, 9.17) is 21.1 Å². The van der Waals surface area contributed by atoms with Crippen LogP contribution in [-0.4, -0.2) is 25.5 Å². The summed E-state index contributed by atoms with van der Waals surface area (Å²) in [5.74, 6) is -1.42. The topological polar surface area (TPSA) is 78.9 Å². The number of benzene rings is 2. The van der Waals surface area contributed by atoms with Crippen molar-refractivity contribution in [1.82, 2.24) is 0 Å². The first-order valence-electron chi connectivity index (χ1n) is 8.52. The molecule has 0 spiro atoms. The number of esters is 1. The largest absolute Gasteiger partial charge is 0.534 e. The molecule has 2 aromatic carbocycles. The van der Waals surface area contributed by atoms with Crippen LogP contribution in [-0.2, 0) is 21.5 Å². The lowest BCUT2D eigenvalue weighted by atomic mass is 9.94. The second-order valence-electron chi connectivity index (χ2n) is 7.42. The van der Waals surface area contributed by atoms with E-state index >= 15 is 0 Å². The molecule has 0 saturated carbocycles. The van der Waals surface area contributed by atoms with Gasteiger partial charge in [-0.25, -0.2) is 4.79 Å². The molecule has 11 heteroatoms. The highest BCUT2D eigenvalue weighted by atomic mass is 35.5. The maximum Gasteiger partial charge on any atom is 0.534 e. The molecule has 1 aliphatic rings. The second kappa shape index (κ2) is 7.35. The minimum Gasteiger partial charge on any atom is -0.488 e. The van der Waals surface area contributed by atoms with Crippen molar-refractivity contribution in [1.29, 1.82) is 0 Å². The Bertz CT molecular complexity index is 1120. The molecular formula is C19H16ClF3O6S. The van der Waals surface area contributed by atoms with Gasteiger partial charge in [0.15, 0.2) is 5.75 Å². The third kappa shape index (κ3) is 4.49. The maximum atomic E-state index is 12.8. The number of halogens is 4. The molecule has 1 heterocycles. The van der Waals surface area contributed by atoms with Crippen molar-refractivity contribution in [3.63, 3.8) is 0 Å². The lowest BCUT2D eigenvalue weighted by Gasteiger charge is -2.24. The molecule has 0 aliphatic carbocycles. The van der Waals surface area contributed by atoms with Gasteiger partial charge in [0.05, 0.1) is 0 Å². The quantitative estimate of drug-likeness (QED) is 0.358. The standard InChI is InChI=1S/C19H16ClF3O6S/c1-18(2,3)28-17(24)14-8-12-10(6-16(14)29-30(25,26)19(21,22)23)9-27-15-5-4-11(20)7-13(12)15/h4-8H,9H2,1-3H3. The minimum absolute atomic E-state index is 0.0824. The van der Waals surface area contributed by atoms with Crippen molar-refractivity contribution in [2.75, 3.05) is 0 Å². The van der Waals surface area contributed by atoms with Crippen molar-refractivity contribution in [3.05, 3.63) is 46.5 Å². The normalized spacial score (nSPS) is 13.7. The third-order valence-electron chi connectivity index (χ3n) is 3.92.